The molecule has 0 saturated carbocycles. The quantitative estimate of drug-likeness (QED) is 0.715. The first-order chi connectivity index (χ1) is 6.63. The van der Waals surface area contributed by atoms with Crippen LogP contribution in [0.5, 0.6) is 0 Å². The van der Waals surface area contributed by atoms with Crippen molar-refractivity contribution in [1.82, 2.24) is 0 Å². The molecule has 0 radical (unpaired) electrons. The molecule has 1 heterocycles. The summed E-state index contributed by atoms with van der Waals surface area (Å²) < 4.78 is 6.03. The molecule has 0 aromatic heterocycles. The minimum atomic E-state index is -1.99. The molecule has 15 heavy (non-hydrogen) atoms. The minimum absolute atomic E-state index is 0.405. The van der Waals surface area contributed by atoms with E-state index in [9.17, 15) is 9.90 Å². The van der Waals surface area contributed by atoms with Gasteiger partial charge >= 0.3 is 5.97 Å². The van der Waals surface area contributed by atoms with Gasteiger partial charge in [0.05, 0.1) is 6.07 Å². The lowest BCUT2D eigenvalue weighted by Crippen LogP contribution is -2.57. The summed E-state index contributed by atoms with van der Waals surface area (Å²) in [5, 5.41) is 18.4. The van der Waals surface area contributed by atoms with Gasteiger partial charge in [0.1, 0.15) is 0 Å². The summed E-state index contributed by atoms with van der Waals surface area (Å²) in [5.41, 5.74) is -1.19. The van der Waals surface area contributed by atoms with E-state index in [1.165, 1.54) is 0 Å². The van der Waals surface area contributed by atoms with Crippen LogP contribution in [0.3, 0.4) is 0 Å². The van der Waals surface area contributed by atoms with Gasteiger partial charge in [0.25, 0.3) is 0 Å². The molecule has 0 amide bonds. The molecule has 1 rings (SSSR count). The second-order valence-electron chi connectivity index (χ2n) is 5.47. The number of rotatable bonds is 1. The first-order valence-electron chi connectivity index (χ1n) is 4.97. The van der Waals surface area contributed by atoms with Crippen LogP contribution in [0, 0.1) is 16.7 Å². The summed E-state index contributed by atoms with van der Waals surface area (Å²) in [5.74, 6) is -0.977. The van der Waals surface area contributed by atoms with E-state index in [-0.39, 0.29) is 0 Å². The van der Waals surface area contributed by atoms with Crippen molar-refractivity contribution in [3.63, 3.8) is 0 Å². The Bertz CT molecular complexity index is 317. The Labute approximate surface area is 92.1 Å². The van der Waals surface area contributed by atoms with E-state index in [0.29, 0.717) is 12.1 Å². The predicted octanol–water partition coefficient (Wildman–Crippen LogP) is 2.02. The Morgan fingerprint density at radius 2 is 1.73 bits per heavy atom. The zero-order chi connectivity index (χ0) is 11.9. The number of hydrogen-bond donors (Lipinski definition) is 1. The number of carboxylic acid groups (broad SMARTS) is 1. The highest BCUT2D eigenvalue weighted by Gasteiger charge is 2.55. The van der Waals surface area contributed by atoms with Gasteiger partial charge in [0.15, 0.2) is 22.0 Å². The number of nitrogens with zero attached hydrogens (tertiary/aromatic N) is 1. The lowest BCUT2D eigenvalue weighted by molar-refractivity contribution is -0.144. The molecule has 0 bridgehead atoms. The number of nitriles is 1. The smallest absolute Gasteiger partial charge is 0.323 e. The summed E-state index contributed by atoms with van der Waals surface area (Å²) in [4.78, 5) is 11.2. The molecule has 4 nitrogen and oxygen atoms in total. The molecule has 0 aliphatic carbocycles. The third-order valence-corrected chi connectivity index (χ3v) is 9.96. The fraction of sp³-hybridized carbons (Fsp3) is 0.778. The van der Waals surface area contributed by atoms with Crippen molar-refractivity contribution in [1.29, 1.82) is 5.26 Å². The van der Waals surface area contributed by atoms with Crippen molar-refractivity contribution in [2.75, 3.05) is 0 Å². The van der Waals surface area contributed by atoms with E-state index in [0.717, 1.165) is 0 Å². The van der Waals surface area contributed by atoms with Crippen LogP contribution in [0.1, 0.15) is 0 Å². The van der Waals surface area contributed by atoms with E-state index in [1.807, 2.05) is 32.3 Å². The van der Waals surface area contributed by atoms with Gasteiger partial charge in [-0.3, -0.25) is 4.79 Å². The van der Waals surface area contributed by atoms with E-state index in [2.05, 4.69) is 0 Å². The zero-order valence-electron chi connectivity index (χ0n) is 9.63. The molecule has 0 unspecified atom stereocenters. The minimum Gasteiger partial charge on any atom is -0.480 e. The van der Waals surface area contributed by atoms with Crippen molar-refractivity contribution in [3.05, 3.63) is 0 Å². The molecule has 1 aliphatic rings. The fourth-order valence-corrected chi connectivity index (χ4v) is 13.0. The summed E-state index contributed by atoms with van der Waals surface area (Å²) in [6, 6.07) is 2.83. The largest absolute Gasteiger partial charge is 0.480 e. The molecule has 1 N–H and O–H groups in total. The van der Waals surface area contributed by atoms with Gasteiger partial charge < -0.3 is 9.22 Å². The van der Waals surface area contributed by atoms with Gasteiger partial charge in [-0.15, -0.1) is 0 Å². The topological polar surface area (TPSA) is 70.3 Å². The zero-order valence-corrected chi connectivity index (χ0v) is 11.6. The van der Waals surface area contributed by atoms with Crippen molar-refractivity contribution in [2.24, 2.45) is 5.41 Å². The van der Waals surface area contributed by atoms with Crippen LogP contribution in [0.25, 0.3) is 0 Å². The van der Waals surface area contributed by atoms with Crippen LogP contribution in [-0.4, -0.2) is 27.7 Å². The van der Waals surface area contributed by atoms with Crippen LogP contribution in [0.4, 0.5) is 0 Å². The monoisotopic (exact) mass is 243 g/mol. The highest BCUT2D eigenvalue weighted by molar-refractivity contribution is 6.86. The maximum absolute atomic E-state index is 11.2. The summed E-state index contributed by atoms with van der Waals surface area (Å²) in [7, 11) is -3.97. The second-order valence-corrected chi connectivity index (χ2v) is 14.0. The molecule has 1 fully saturated rings. The third kappa shape index (κ3) is 2.48. The lowest BCUT2D eigenvalue weighted by atomic mass is 9.95. The summed E-state index contributed by atoms with van der Waals surface area (Å²) in [6.45, 7) is 7.98. The number of carbonyl (C=O) groups is 1. The Hall–Kier alpha value is -0.646. The number of hydrogen-bond acceptors (Lipinski definition) is 3. The fourth-order valence-electron chi connectivity index (χ4n) is 2.61. The van der Waals surface area contributed by atoms with Gasteiger partial charge in [-0.2, -0.15) is 5.26 Å². The van der Waals surface area contributed by atoms with Gasteiger partial charge in [0.2, 0.25) is 0 Å². The van der Waals surface area contributed by atoms with E-state index in [4.69, 9.17) is 9.38 Å². The van der Waals surface area contributed by atoms with E-state index < -0.39 is 28.0 Å². The van der Waals surface area contributed by atoms with Crippen LogP contribution < -0.4 is 0 Å². The molecule has 1 saturated heterocycles. The first kappa shape index (κ1) is 12.4. The Morgan fingerprint density at radius 1 is 1.33 bits per heavy atom. The van der Waals surface area contributed by atoms with E-state index >= 15 is 0 Å². The van der Waals surface area contributed by atoms with Gasteiger partial charge in [0, 0.05) is 0 Å². The van der Waals surface area contributed by atoms with E-state index in [1.54, 1.807) is 0 Å². The Morgan fingerprint density at radius 3 is 2.00 bits per heavy atom. The van der Waals surface area contributed by atoms with Gasteiger partial charge in [-0.05, 0) is 38.3 Å². The van der Waals surface area contributed by atoms with Gasteiger partial charge in [-0.1, -0.05) is 0 Å². The summed E-state index contributed by atoms with van der Waals surface area (Å²) in [6.07, 6.45) is 0. The molecule has 6 heteroatoms. The second kappa shape index (κ2) is 3.44. The molecule has 0 aromatic rings. The van der Waals surface area contributed by atoms with Crippen LogP contribution in [0.2, 0.25) is 38.3 Å². The van der Waals surface area contributed by atoms with Crippen LogP contribution in [0.15, 0.2) is 0 Å². The maximum atomic E-state index is 11.2. The molecule has 84 valence electrons. The lowest BCUT2D eigenvalue weighted by Gasteiger charge is -2.45. The Balaban J connectivity index is 3.12. The molecule has 1 aliphatic heterocycles. The van der Waals surface area contributed by atoms with Crippen molar-refractivity contribution in [2.45, 2.75) is 38.3 Å². The van der Waals surface area contributed by atoms with Crippen LogP contribution >= 0.6 is 0 Å². The highest BCUT2D eigenvalue weighted by atomic mass is 28.4. The molecule has 0 atom stereocenters. The maximum Gasteiger partial charge on any atom is 0.323 e. The predicted molar refractivity (Wildman–Crippen MR) is 61.3 cm³/mol. The molecular weight excluding hydrogens is 226 g/mol. The number of aliphatic carboxylic acids is 1. The average molecular weight is 243 g/mol. The van der Waals surface area contributed by atoms with Gasteiger partial charge in [-0.25, -0.2) is 0 Å². The van der Waals surface area contributed by atoms with Crippen molar-refractivity contribution in [3.8, 4) is 6.07 Å². The van der Waals surface area contributed by atoms with Crippen molar-refractivity contribution >= 4 is 22.6 Å². The van der Waals surface area contributed by atoms with Crippen LogP contribution in [-0.2, 0) is 8.91 Å². The van der Waals surface area contributed by atoms with Crippen molar-refractivity contribution < 1.29 is 14.0 Å². The normalized spacial score (nSPS) is 26.6. The standard InChI is InChI=1S/C9H17NO3Si2/c1-14(2)6-9(5-10,8(11)12)7-15(3,4)13-14/h6-7H2,1-4H3,(H,11,12). The Kier molecular flexibility index (Phi) is 2.85. The molecular formula is C9H17NO3Si2. The molecule has 0 spiro atoms. The number of carboxylic acids is 1. The third-order valence-electron chi connectivity index (χ3n) is 2.63. The average Bonchev–Trinajstić information content (AvgIpc) is 1.97. The molecule has 0 aromatic carbocycles. The highest BCUT2D eigenvalue weighted by Crippen LogP contribution is 2.44. The first-order valence-corrected chi connectivity index (χ1v) is 11.2. The SMILES string of the molecule is C[Si]1(C)CC(C#N)(C(=O)O)C[Si](C)(C)O1. The summed E-state index contributed by atoms with van der Waals surface area (Å²) >= 11 is 0.